The molecule has 0 spiro atoms. The summed E-state index contributed by atoms with van der Waals surface area (Å²) in [4.78, 5) is 24.1. The van der Waals surface area contributed by atoms with Crippen LogP contribution in [0.3, 0.4) is 0 Å². The van der Waals surface area contributed by atoms with E-state index in [2.05, 4.69) is 6.58 Å². The van der Waals surface area contributed by atoms with Gasteiger partial charge in [-0.05, 0) is 13.8 Å². The van der Waals surface area contributed by atoms with Crippen molar-refractivity contribution in [3.63, 3.8) is 0 Å². The Labute approximate surface area is 126 Å². The number of rotatable bonds is 5. The standard InChI is InChI=1S/C13H14Cl2N2O3/c1-4-16(7-8(2)3)13(18)10-5-9(17(19)20)6-11(14)12(10)15/h5-6H,2,4,7H2,1,3H3. The van der Waals surface area contributed by atoms with Gasteiger partial charge in [0.25, 0.3) is 11.6 Å². The van der Waals surface area contributed by atoms with Crippen molar-refractivity contribution in [2.45, 2.75) is 13.8 Å². The highest BCUT2D eigenvalue weighted by Gasteiger charge is 2.22. The topological polar surface area (TPSA) is 63.5 Å². The molecule has 0 unspecified atom stereocenters. The van der Waals surface area contributed by atoms with Gasteiger partial charge in [0.15, 0.2) is 0 Å². The van der Waals surface area contributed by atoms with Gasteiger partial charge in [0.1, 0.15) is 0 Å². The first-order valence-electron chi connectivity index (χ1n) is 5.85. The fraction of sp³-hybridized carbons (Fsp3) is 0.308. The Morgan fingerprint density at radius 3 is 2.50 bits per heavy atom. The van der Waals surface area contributed by atoms with Crippen LogP contribution in [-0.2, 0) is 0 Å². The van der Waals surface area contributed by atoms with Crippen LogP contribution < -0.4 is 0 Å². The van der Waals surface area contributed by atoms with Crippen molar-refractivity contribution in [2.75, 3.05) is 13.1 Å². The molecule has 5 nitrogen and oxygen atoms in total. The molecule has 0 fully saturated rings. The number of likely N-dealkylation sites (N-methyl/N-ethyl adjacent to an activating group) is 1. The van der Waals surface area contributed by atoms with Gasteiger partial charge in [0.05, 0.1) is 20.5 Å². The zero-order valence-electron chi connectivity index (χ0n) is 11.2. The van der Waals surface area contributed by atoms with E-state index in [1.807, 2.05) is 0 Å². The van der Waals surface area contributed by atoms with Crippen LogP contribution in [0.1, 0.15) is 24.2 Å². The third kappa shape index (κ3) is 3.71. The molecular weight excluding hydrogens is 303 g/mol. The SMILES string of the molecule is C=C(C)CN(CC)C(=O)c1cc([N+](=O)[O-])cc(Cl)c1Cl. The molecule has 0 radical (unpaired) electrons. The Morgan fingerprint density at radius 2 is 2.05 bits per heavy atom. The van der Waals surface area contributed by atoms with Gasteiger partial charge in [-0.1, -0.05) is 35.4 Å². The number of carbonyl (C=O) groups excluding carboxylic acids is 1. The smallest absolute Gasteiger partial charge is 0.271 e. The molecule has 1 amide bonds. The summed E-state index contributed by atoms with van der Waals surface area (Å²) in [7, 11) is 0. The highest BCUT2D eigenvalue weighted by atomic mass is 35.5. The predicted octanol–water partition coefficient (Wildman–Crippen LogP) is 3.94. The number of hydrogen-bond donors (Lipinski definition) is 0. The fourth-order valence-electron chi connectivity index (χ4n) is 1.66. The van der Waals surface area contributed by atoms with E-state index >= 15 is 0 Å². The molecule has 0 aliphatic carbocycles. The summed E-state index contributed by atoms with van der Waals surface area (Å²) >= 11 is 11.8. The maximum absolute atomic E-state index is 12.4. The molecule has 0 aromatic heterocycles. The van der Waals surface area contributed by atoms with Crippen LogP contribution in [0.2, 0.25) is 10.0 Å². The van der Waals surface area contributed by atoms with E-state index in [1.165, 1.54) is 4.90 Å². The van der Waals surface area contributed by atoms with E-state index in [4.69, 9.17) is 23.2 Å². The Kier molecular flexibility index (Phi) is 5.53. The van der Waals surface area contributed by atoms with Crippen LogP contribution in [-0.4, -0.2) is 28.8 Å². The maximum Gasteiger partial charge on any atom is 0.271 e. The monoisotopic (exact) mass is 316 g/mol. The van der Waals surface area contributed by atoms with E-state index in [1.54, 1.807) is 13.8 Å². The molecule has 20 heavy (non-hydrogen) atoms. The lowest BCUT2D eigenvalue weighted by Gasteiger charge is -2.21. The molecule has 0 saturated heterocycles. The summed E-state index contributed by atoms with van der Waals surface area (Å²) in [5.74, 6) is -0.411. The van der Waals surface area contributed by atoms with Crippen LogP contribution in [0.4, 0.5) is 5.69 Å². The van der Waals surface area contributed by atoms with E-state index < -0.39 is 10.8 Å². The van der Waals surface area contributed by atoms with Crippen molar-refractivity contribution >= 4 is 34.8 Å². The largest absolute Gasteiger partial charge is 0.335 e. The fourth-order valence-corrected chi connectivity index (χ4v) is 2.06. The number of benzene rings is 1. The highest BCUT2D eigenvalue weighted by molar-refractivity contribution is 6.44. The second-order valence-electron chi connectivity index (χ2n) is 4.32. The first kappa shape index (κ1) is 16.5. The van der Waals surface area contributed by atoms with Crippen molar-refractivity contribution in [3.05, 3.63) is 50.0 Å². The van der Waals surface area contributed by atoms with Gasteiger partial charge >= 0.3 is 0 Å². The lowest BCUT2D eigenvalue weighted by atomic mass is 10.1. The number of non-ortho nitro benzene ring substituents is 1. The molecule has 0 aliphatic rings. The number of carbonyl (C=O) groups is 1. The van der Waals surface area contributed by atoms with Crippen molar-refractivity contribution in [2.24, 2.45) is 0 Å². The molecule has 1 rings (SSSR count). The summed E-state index contributed by atoms with van der Waals surface area (Å²) in [6.07, 6.45) is 0. The summed E-state index contributed by atoms with van der Waals surface area (Å²) in [6, 6.07) is 2.26. The quantitative estimate of drug-likeness (QED) is 0.469. The number of amides is 1. The minimum atomic E-state index is -0.617. The molecule has 108 valence electrons. The minimum Gasteiger partial charge on any atom is -0.335 e. The number of halogens is 2. The maximum atomic E-state index is 12.4. The predicted molar refractivity (Wildman–Crippen MR) is 79.5 cm³/mol. The van der Waals surface area contributed by atoms with E-state index in [9.17, 15) is 14.9 Å². The average Bonchev–Trinajstić information content (AvgIpc) is 2.37. The Bertz CT molecular complexity index is 573. The summed E-state index contributed by atoms with van der Waals surface area (Å²) in [5, 5.41) is 10.8. The van der Waals surface area contributed by atoms with Gasteiger partial charge < -0.3 is 4.90 Å². The highest BCUT2D eigenvalue weighted by Crippen LogP contribution is 2.31. The lowest BCUT2D eigenvalue weighted by Crippen LogP contribution is -2.32. The average molecular weight is 317 g/mol. The number of nitro benzene ring substituents is 1. The Balaban J connectivity index is 3.26. The van der Waals surface area contributed by atoms with Crippen LogP contribution >= 0.6 is 23.2 Å². The minimum absolute atomic E-state index is 0.0161. The van der Waals surface area contributed by atoms with E-state index in [-0.39, 0.29) is 21.3 Å². The molecule has 1 aromatic carbocycles. The molecule has 0 N–H and O–H groups in total. The van der Waals surface area contributed by atoms with Gasteiger partial charge in [-0.15, -0.1) is 0 Å². The van der Waals surface area contributed by atoms with Crippen LogP contribution in [0.25, 0.3) is 0 Å². The summed E-state index contributed by atoms with van der Waals surface area (Å²) in [5.41, 5.74) is 0.552. The van der Waals surface area contributed by atoms with Crippen molar-refractivity contribution < 1.29 is 9.72 Å². The van der Waals surface area contributed by atoms with Crippen molar-refractivity contribution in [1.82, 2.24) is 4.90 Å². The molecule has 0 bridgehead atoms. The van der Waals surface area contributed by atoms with E-state index in [0.717, 1.165) is 17.7 Å². The molecule has 1 aromatic rings. The molecular formula is C13H14Cl2N2O3. The lowest BCUT2D eigenvalue weighted by molar-refractivity contribution is -0.384. The number of nitro groups is 1. The second-order valence-corrected chi connectivity index (χ2v) is 5.11. The van der Waals surface area contributed by atoms with Gasteiger partial charge in [0, 0.05) is 25.2 Å². The first-order valence-corrected chi connectivity index (χ1v) is 6.60. The van der Waals surface area contributed by atoms with Crippen molar-refractivity contribution in [1.29, 1.82) is 0 Å². The second kappa shape index (κ2) is 6.72. The zero-order chi connectivity index (χ0) is 15.4. The zero-order valence-corrected chi connectivity index (χ0v) is 12.7. The van der Waals surface area contributed by atoms with Crippen molar-refractivity contribution in [3.8, 4) is 0 Å². The Hall–Kier alpha value is -1.59. The molecule has 0 saturated carbocycles. The number of hydrogen-bond acceptors (Lipinski definition) is 3. The normalized spacial score (nSPS) is 10.2. The van der Waals surface area contributed by atoms with Crippen LogP contribution in [0.5, 0.6) is 0 Å². The van der Waals surface area contributed by atoms with Gasteiger partial charge in [-0.25, -0.2) is 0 Å². The molecule has 7 heteroatoms. The first-order chi connectivity index (χ1) is 9.27. The third-order valence-corrected chi connectivity index (χ3v) is 3.39. The number of nitrogens with zero attached hydrogens (tertiary/aromatic N) is 2. The van der Waals surface area contributed by atoms with Crippen LogP contribution in [0, 0.1) is 10.1 Å². The van der Waals surface area contributed by atoms with E-state index in [0.29, 0.717) is 13.1 Å². The molecule has 0 atom stereocenters. The van der Waals surface area contributed by atoms with Gasteiger partial charge in [-0.3, -0.25) is 14.9 Å². The summed E-state index contributed by atoms with van der Waals surface area (Å²) < 4.78 is 0. The molecule has 0 aliphatic heterocycles. The third-order valence-electron chi connectivity index (χ3n) is 2.58. The summed E-state index contributed by atoms with van der Waals surface area (Å²) in [6.45, 7) is 8.12. The van der Waals surface area contributed by atoms with Crippen LogP contribution in [0.15, 0.2) is 24.3 Å². The Morgan fingerprint density at radius 1 is 1.45 bits per heavy atom. The van der Waals surface area contributed by atoms with Gasteiger partial charge in [0.2, 0.25) is 0 Å². The molecule has 0 heterocycles. The van der Waals surface area contributed by atoms with Gasteiger partial charge in [-0.2, -0.15) is 0 Å².